The van der Waals surface area contributed by atoms with Crippen molar-refractivity contribution in [2.45, 2.75) is 96.4 Å². The molecule has 60 heavy (non-hydrogen) atoms. The van der Waals surface area contributed by atoms with E-state index >= 15 is 4.21 Å². The third-order valence-corrected chi connectivity index (χ3v) is 16.7. The number of fused-ring (bicyclic) bond motifs is 4. The van der Waals surface area contributed by atoms with Gasteiger partial charge in [-0.25, -0.2) is 4.21 Å². The first-order chi connectivity index (χ1) is 28.7. The number of halogens is 1. The normalized spacial score (nSPS) is 30.8. The highest BCUT2D eigenvalue weighted by Gasteiger charge is 2.44. The van der Waals surface area contributed by atoms with Crippen molar-refractivity contribution < 1.29 is 23.3 Å². The second-order valence-electron chi connectivity index (χ2n) is 18.9. The van der Waals surface area contributed by atoms with Gasteiger partial charge in [-0.15, -0.1) is 0 Å². The highest BCUT2D eigenvalue weighted by Crippen LogP contribution is 2.47. The van der Waals surface area contributed by atoms with Crippen molar-refractivity contribution in [1.29, 1.82) is 0 Å². The molecule has 10 nitrogen and oxygen atoms in total. The fourth-order valence-corrected chi connectivity index (χ4v) is 13.3. The maximum absolute atomic E-state index is 15.0. The smallest absolute Gasteiger partial charge is 0.285 e. The number of piperazine rings is 1. The molecule has 12 heteroatoms. The van der Waals surface area contributed by atoms with E-state index in [0.717, 1.165) is 93.5 Å². The van der Waals surface area contributed by atoms with E-state index in [0.29, 0.717) is 48.1 Å². The molecule has 2 fully saturated rings. The summed E-state index contributed by atoms with van der Waals surface area (Å²) in [6.07, 6.45) is 11.9. The lowest BCUT2D eigenvalue weighted by Crippen LogP contribution is -2.53. The van der Waals surface area contributed by atoms with Crippen LogP contribution in [0.5, 0.6) is 5.75 Å². The zero-order valence-corrected chi connectivity index (χ0v) is 38.0. The lowest BCUT2D eigenvalue weighted by Gasteiger charge is -2.46. The van der Waals surface area contributed by atoms with Crippen LogP contribution >= 0.6 is 11.6 Å². The lowest BCUT2D eigenvalue weighted by atomic mass is 9.68. The summed E-state index contributed by atoms with van der Waals surface area (Å²) in [5, 5.41) is 0.749. The standard InChI is InChI=1S/C48H64ClN5O5S/c1-32(2)54-20-19-52(24-34(54)4)27-40-22-38(25-51(40)5)44(55)29-60(57)28-33(3)9-7-11-45(58-6)41-15-12-37(41)26-53-30-48(18-8-10-35-21-39(49)14-16-42(35)48)31-59-46-17-13-36(23-43(46)53)47(56)50-60/h7,11,13-14,16-17,21-23,25,32-34,37,41,45H,8-10,12,15,18-20,24,26-31H2,1-6H3/b11-7+/t33-,34+,37-,41+,45-,48-,60+/m0/s1. The molecule has 4 heterocycles. The van der Waals surface area contributed by atoms with Crippen molar-refractivity contribution in [3.8, 4) is 5.75 Å². The predicted molar refractivity (Wildman–Crippen MR) is 241 cm³/mol. The molecule has 0 unspecified atom stereocenters. The van der Waals surface area contributed by atoms with Crippen LogP contribution in [0.25, 0.3) is 0 Å². The summed E-state index contributed by atoms with van der Waals surface area (Å²) in [7, 11) is 0.438. The fourth-order valence-electron chi connectivity index (χ4n) is 10.9. The van der Waals surface area contributed by atoms with E-state index in [1.807, 2.05) is 49.0 Å². The van der Waals surface area contributed by atoms with Crippen LogP contribution in [0.1, 0.15) is 97.3 Å². The molecule has 2 aliphatic carbocycles. The topological polar surface area (TPSA) is 96.7 Å². The van der Waals surface area contributed by atoms with Crippen molar-refractivity contribution >= 4 is 38.7 Å². The van der Waals surface area contributed by atoms with Crippen molar-refractivity contribution in [3.05, 3.63) is 93.8 Å². The maximum atomic E-state index is 15.0. The molecule has 1 amide bonds. The Morgan fingerprint density at radius 3 is 2.68 bits per heavy atom. The van der Waals surface area contributed by atoms with E-state index < -0.39 is 15.6 Å². The largest absolute Gasteiger partial charge is 0.490 e. The van der Waals surface area contributed by atoms with Gasteiger partial charge in [-0.3, -0.25) is 19.4 Å². The van der Waals surface area contributed by atoms with Crippen molar-refractivity contribution in [3.63, 3.8) is 0 Å². The maximum Gasteiger partial charge on any atom is 0.285 e. The van der Waals surface area contributed by atoms with E-state index in [9.17, 15) is 9.59 Å². The predicted octanol–water partition coefficient (Wildman–Crippen LogP) is 8.19. The summed E-state index contributed by atoms with van der Waals surface area (Å²) < 4.78 is 34.4. The monoisotopic (exact) mass is 857 g/mol. The first-order valence-electron chi connectivity index (χ1n) is 22.2. The number of allylic oxidation sites excluding steroid dienone is 1. The van der Waals surface area contributed by atoms with Gasteiger partial charge in [0, 0.05) is 105 Å². The fraction of sp³-hybridized carbons (Fsp3) is 0.583. The minimum absolute atomic E-state index is 0.0452. The summed E-state index contributed by atoms with van der Waals surface area (Å²) >= 11 is 6.50. The summed E-state index contributed by atoms with van der Waals surface area (Å²) in [4.78, 5) is 35.9. The molecule has 7 atom stereocenters. The van der Waals surface area contributed by atoms with E-state index in [1.54, 1.807) is 13.2 Å². The quantitative estimate of drug-likeness (QED) is 0.174. The number of Topliss-reactive ketones (excluding diaryl/α,β-unsaturated/α-hetero) is 1. The van der Waals surface area contributed by atoms with Gasteiger partial charge in [0.15, 0.2) is 5.78 Å². The number of aryl methyl sites for hydroxylation is 2. The molecule has 324 valence electrons. The van der Waals surface area contributed by atoms with E-state index in [-0.39, 0.29) is 34.7 Å². The van der Waals surface area contributed by atoms with Crippen LogP contribution in [-0.2, 0) is 39.9 Å². The Bertz CT molecular complexity index is 2250. The number of carbonyl (C=O) groups excluding carboxylic acids is 2. The summed E-state index contributed by atoms with van der Waals surface area (Å²) in [6.45, 7) is 14.5. The van der Waals surface area contributed by atoms with Gasteiger partial charge in [0.25, 0.3) is 5.91 Å². The van der Waals surface area contributed by atoms with Crippen molar-refractivity contribution in [2.24, 2.45) is 29.2 Å². The lowest BCUT2D eigenvalue weighted by molar-refractivity contribution is 0.0131. The SMILES string of the molecule is CO[C@H]1/C=C/C[C@H](C)C[S@@](=O)(CC(=O)c2cc(CN3CCN(C(C)C)[C@H](C)C3)n(C)c2)=NC(=O)c2ccc3c(c2)N(C[C@@H]2CC[C@H]21)C[C@@]1(CCCc2cc(Cl)ccc21)CO3. The molecular weight excluding hydrogens is 794 g/mol. The number of hydrogen-bond donors (Lipinski definition) is 0. The number of aromatic nitrogens is 1. The Labute approximate surface area is 362 Å². The van der Waals surface area contributed by atoms with Gasteiger partial charge < -0.3 is 18.9 Å². The van der Waals surface area contributed by atoms with Gasteiger partial charge in [0.05, 0.1) is 33.9 Å². The van der Waals surface area contributed by atoms with Crippen LogP contribution in [0.2, 0.25) is 5.02 Å². The van der Waals surface area contributed by atoms with E-state index in [2.05, 4.69) is 64.1 Å². The second-order valence-corrected chi connectivity index (χ2v) is 21.7. The van der Waals surface area contributed by atoms with E-state index in [1.165, 1.54) is 11.1 Å². The minimum atomic E-state index is -3.31. The van der Waals surface area contributed by atoms with Crippen molar-refractivity contribution in [1.82, 2.24) is 14.4 Å². The number of anilines is 1. The third kappa shape index (κ3) is 9.03. The average Bonchev–Trinajstić information content (AvgIpc) is 3.48. The summed E-state index contributed by atoms with van der Waals surface area (Å²) in [5.41, 5.74) is 5.04. The van der Waals surface area contributed by atoms with E-state index in [4.69, 9.17) is 21.1 Å². The first-order valence-corrected chi connectivity index (χ1v) is 24.4. The number of ketones is 1. The van der Waals surface area contributed by atoms with Gasteiger partial charge in [0.2, 0.25) is 0 Å². The third-order valence-electron chi connectivity index (χ3n) is 14.2. The van der Waals surface area contributed by atoms with Crippen LogP contribution in [0.15, 0.2) is 65.2 Å². The summed E-state index contributed by atoms with van der Waals surface area (Å²) in [6, 6.07) is 14.7. The van der Waals surface area contributed by atoms with Crippen LogP contribution < -0.4 is 9.64 Å². The van der Waals surface area contributed by atoms with Gasteiger partial charge >= 0.3 is 0 Å². The zero-order chi connectivity index (χ0) is 42.3. The molecule has 2 bridgehead atoms. The molecule has 3 aromatic rings. The van der Waals surface area contributed by atoms with Crippen LogP contribution in [0.3, 0.4) is 0 Å². The average molecular weight is 859 g/mol. The molecule has 5 aliphatic rings. The molecule has 2 aromatic carbocycles. The number of rotatable bonds is 7. The Kier molecular flexibility index (Phi) is 12.7. The number of nitrogens with zero attached hydrogens (tertiary/aromatic N) is 5. The molecule has 0 N–H and O–H groups in total. The van der Waals surface area contributed by atoms with Gasteiger partial charge in [-0.1, -0.05) is 36.7 Å². The molecule has 8 rings (SSSR count). The Morgan fingerprint density at radius 1 is 1.10 bits per heavy atom. The van der Waals surface area contributed by atoms with Crippen molar-refractivity contribution in [2.75, 3.05) is 62.8 Å². The van der Waals surface area contributed by atoms with Crippen LogP contribution in [-0.4, -0.2) is 106 Å². The van der Waals surface area contributed by atoms with Gasteiger partial charge in [-0.05, 0) is 125 Å². The molecule has 1 spiro atoms. The van der Waals surface area contributed by atoms with Crippen LogP contribution in [0, 0.1) is 17.8 Å². The number of methoxy groups -OCH3 is 1. The zero-order valence-electron chi connectivity index (χ0n) is 36.4. The van der Waals surface area contributed by atoms with Crippen LogP contribution in [0.4, 0.5) is 5.69 Å². The Morgan fingerprint density at radius 2 is 1.93 bits per heavy atom. The highest BCUT2D eigenvalue weighted by molar-refractivity contribution is 7.94. The molecule has 1 aromatic heterocycles. The Balaban J connectivity index is 1.11. The van der Waals surface area contributed by atoms with Gasteiger partial charge in [0.1, 0.15) is 5.75 Å². The molecule has 3 aliphatic heterocycles. The molecule has 0 radical (unpaired) electrons. The summed E-state index contributed by atoms with van der Waals surface area (Å²) in [5.74, 6) is 0.368. The highest BCUT2D eigenvalue weighted by atomic mass is 35.5. The Hall–Kier alpha value is -3.48. The number of carbonyl (C=O) groups is 2. The molecule has 1 saturated carbocycles. The molecule has 1 saturated heterocycles. The number of hydrogen-bond acceptors (Lipinski definition) is 8. The number of amides is 1. The second kappa shape index (κ2) is 17.7. The number of benzene rings is 2. The van der Waals surface area contributed by atoms with Gasteiger partial charge in [-0.2, -0.15) is 4.36 Å². The first kappa shape index (κ1) is 43.2. The molecular formula is C48H64ClN5O5S. The number of ether oxygens (including phenoxy) is 2. The minimum Gasteiger partial charge on any atom is -0.490 e.